The summed E-state index contributed by atoms with van der Waals surface area (Å²) in [6.45, 7) is 16.6. The van der Waals surface area contributed by atoms with E-state index in [1.165, 1.54) is 31.6 Å². The second kappa shape index (κ2) is 8.47. The minimum atomic E-state index is -1.58. The molecule has 37 heavy (non-hydrogen) atoms. The van der Waals surface area contributed by atoms with Gasteiger partial charge in [-0.1, -0.05) is 95.0 Å². The Morgan fingerprint density at radius 3 is 2.35 bits per heavy atom. The lowest BCUT2D eigenvalue weighted by Gasteiger charge is -2.45. The van der Waals surface area contributed by atoms with Crippen LogP contribution in [-0.4, -0.2) is 18.0 Å². The molecule has 0 spiro atoms. The van der Waals surface area contributed by atoms with Crippen LogP contribution >= 0.6 is 11.3 Å². The van der Waals surface area contributed by atoms with Crippen LogP contribution in [0.4, 0.5) is 0 Å². The van der Waals surface area contributed by atoms with Crippen molar-refractivity contribution in [1.82, 2.24) is 9.97 Å². The van der Waals surface area contributed by atoms with Crippen LogP contribution < -0.4 is 5.19 Å². The number of thiophene rings is 1. The van der Waals surface area contributed by atoms with Gasteiger partial charge in [-0.25, -0.2) is 9.97 Å². The molecular weight excluding hydrogens is 485 g/mol. The molecule has 2 aromatic heterocycles. The summed E-state index contributed by atoms with van der Waals surface area (Å²) in [6.07, 6.45) is 4.66. The zero-order chi connectivity index (χ0) is 27.1. The van der Waals surface area contributed by atoms with Gasteiger partial charge < -0.3 is 0 Å². The monoisotopic (exact) mass is 523 g/mol. The second-order valence-electron chi connectivity index (χ2n) is 13.7. The molecule has 0 saturated heterocycles. The topological polar surface area (TPSA) is 25.8 Å². The molecule has 190 valence electrons. The highest BCUT2D eigenvalue weighted by molar-refractivity contribution is 7.26. The van der Waals surface area contributed by atoms with Crippen molar-refractivity contribution in [1.29, 1.82) is 0 Å². The van der Waals surface area contributed by atoms with Gasteiger partial charge in [-0.2, -0.15) is 0 Å². The van der Waals surface area contributed by atoms with E-state index in [0.717, 1.165) is 40.7 Å². The van der Waals surface area contributed by atoms with Gasteiger partial charge in [0.05, 0.1) is 24.0 Å². The number of hydrogen-bond donors (Lipinski definition) is 0. The minimum Gasteiger partial charge on any atom is -0.235 e. The van der Waals surface area contributed by atoms with Gasteiger partial charge in [0.1, 0.15) is 6.33 Å². The highest BCUT2D eigenvalue weighted by atomic mass is 32.1. The van der Waals surface area contributed by atoms with Crippen LogP contribution in [0.3, 0.4) is 0 Å². The molecule has 0 radical (unpaired) electrons. The van der Waals surface area contributed by atoms with E-state index in [1.807, 2.05) is 0 Å². The molecule has 1 fully saturated rings. The van der Waals surface area contributed by atoms with Gasteiger partial charge >= 0.3 is 0 Å². The Labute approximate surface area is 227 Å². The standard InChI is InChI=1S/C33H38N2SSi/c1-32(2)17-24(18-33(3,4)19-32)21-12-13-26-27(15-21)36-31-29(34-20-35-30(26)31)23-14-22-10-8-9-11-25(22)28(16-23)37(5,6)7/h8-16,20,24H,17-19H2,1-7H3/i24D. The van der Waals surface area contributed by atoms with Crippen LogP contribution in [0.25, 0.3) is 42.3 Å². The second-order valence-corrected chi connectivity index (χ2v) is 19.8. The average molecular weight is 524 g/mol. The van der Waals surface area contributed by atoms with Crippen molar-refractivity contribution in [3.05, 3.63) is 66.5 Å². The first-order valence-corrected chi connectivity index (χ1v) is 17.8. The largest absolute Gasteiger partial charge is 0.235 e. The number of benzene rings is 3. The lowest BCUT2D eigenvalue weighted by Crippen LogP contribution is -2.38. The molecule has 1 aliphatic carbocycles. The van der Waals surface area contributed by atoms with Crippen molar-refractivity contribution in [2.45, 2.75) is 72.5 Å². The molecule has 0 unspecified atom stereocenters. The first kappa shape index (κ1) is 23.5. The number of fused-ring (bicyclic) bond motifs is 4. The van der Waals surface area contributed by atoms with E-state index in [2.05, 4.69) is 102 Å². The third-order valence-electron chi connectivity index (χ3n) is 7.95. The van der Waals surface area contributed by atoms with Crippen molar-refractivity contribution in [3.8, 4) is 11.3 Å². The van der Waals surface area contributed by atoms with Crippen LogP contribution in [0.2, 0.25) is 19.6 Å². The smallest absolute Gasteiger partial charge is 0.116 e. The van der Waals surface area contributed by atoms with Gasteiger partial charge in [0.25, 0.3) is 0 Å². The van der Waals surface area contributed by atoms with Gasteiger partial charge in [-0.3, -0.25) is 0 Å². The molecular formula is C33H38N2SSi. The van der Waals surface area contributed by atoms with Crippen molar-refractivity contribution >= 4 is 55.7 Å². The predicted molar refractivity (Wildman–Crippen MR) is 165 cm³/mol. The van der Waals surface area contributed by atoms with Gasteiger partial charge in [0, 0.05) is 17.0 Å². The maximum absolute atomic E-state index is 9.60. The fourth-order valence-electron chi connectivity index (χ4n) is 6.91. The van der Waals surface area contributed by atoms with E-state index in [-0.39, 0.29) is 10.8 Å². The van der Waals surface area contributed by atoms with Gasteiger partial charge in [0.15, 0.2) is 0 Å². The third-order valence-corrected chi connectivity index (χ3v) is 11.1. The molecule has 0 bridgehead atoms. The van der Waals surface area contributed by atoms with Crippen molar-refractivity contribution < 1.29 is 1.37 Å². The zero-order valence-electron chi connectivity index (χ0n) is 24.2. The molecule has 3 aromatic carbocycles. The van der Waals surface area contributed by atoms with Crippen molar-refractivity contribution in [2.24, 2.45) is 10.8 Å². The van der Waals surface area contributed by atoms with Crippen LogP contribution in [0.5, 0.6) is 0 Å². The summed E-state index contributed by atoms with van der Waals surface area (Å²) in [4.78, 5) is 9.60. The Balaban J connectivity index is 1.53. The van der Waals surface area contributed by atoms with Crippen LogP contribution in [0.1, 0.15) is 59.8 Å². The first-order valence-electron chi connectivity index (χ1n) is 14.0. The number of rotatable bonds is 3. The fourth-order valence-corrected chi connectivity index (χ4v) is 9.74. The molecule has 5 aromatic rings. The Hall–Kier alpha value is -2.56. The van der Waals surface area contributed by atoms with Crippen LogP contribution in [0.15, 0.2) is 60.9 Å². The summed E-state index contributed by atoms with van der Waals surface area (Å²) in [5.74, 6) is -0.575. The molecule has 1 saturated carbocycles. The molecule has 0 aliphatic heterocycles. The molecule has 0 N–H and O–H groups in total. The van der Waals surface area contributed by atoms with E-state index in [1.54, 1.807) is 17.7 Å². The molecule has 4 heteroatoms. The normalized spacial score (nSPS) is 19.4. The van der Waals surface area contributed by atoms with E-state index in [0.29, 0.717) is 0 Å². The number of aromatic nitrogens is 2. The van der Waals surface area contributed by atoms with E-state index in [4.69, 9.17) is 9.97 Å². The first-order chi connectivity index (χ1) is 17.7. The van der Waals surface area contributed by atoms with Gasteiger partial charge in [-0.05, 0) is 64.5 Å². The summed E-state index contributed by atoms with van der Waals surface area (Å²) < 4.78 is 11.9. The molecule has 0 amide bonds. The average Bonchev–Trinajstić information content (AvgIpc) is 3.18. The fraction of sp³-hybridized carbons (Fsp3) is 0.394. The highest BCUT2D eigenvalue weighted by Gasteiger charge is 2.39. The summed E-state index contributed by atoms with van der Waals surface area (Å²) in [5.41, 5.74) is 4.66. The third kappa shape index (κ3) is 4.53. The lowest BCUT2D eigenvalue weighted by atomic mass is 9.60. The van der Waals surface area contributed by atoms with E-state index >= 15 is 0 Å². The minimum absolute atomic E-state index is 0.154. The molecule has 6 rings (SSSR count). The van der Waals surface area contributed by atoms with E-state index < -0.39 is 14.0 Å². The molecule has 1 aliphatic rings. The zero-order valence-corrected chi connectivity index (χ0v) is 25.0. The van der Waals surface area contributed by atoms with Crippen LogP contribution in [-0.2, 0) is 0 Å². The Morgan fingerprint density at radius 1 is 0.892 bits per heavy atom. The van der Waals surface area contributed by atoms with Gasteiger partial charge in [-0.15, -0.1) is 11.3 Å². The van der Waals surface area contributed by atoms with Gasteiger partial charge in [0.2, 0.25) is 0 Å². The number of hydrogen-bond acceptors (Lipinski definition) is 3. The summed E-state index contributed by atoms with van der Waals surface area (Å²) in [6, 6.07) is 20.1. The van der Waals surface area contributed by atoms with Crippen LogP contribution in [0, 0.1) is 10.8 Å². The highest BCUT2D eigenvalue weighted by Crippen LogP contribution is 2.52. The van der Waals surface area contributed by atoms with Crippen molar-refractivity contribution in [2.75, 3.05) is 0 Å². The van der Waals surface area contributed by atoms with E-state index in [9.17, 15) is 1.37 Å². The summed E-state index contributed by atoms with van der Waals surface area (Å²) in [7, 11) is -1.58. The maximum atomic E-state index is 9.60. The summed E-state index contributed by atoms with van der Waals surface area (Å²) >= 11 is 1.78. The molecule has 0 atom stereocenters. The quantitative estimate of drug-likeness (QED) is 0.220. The number of nitrogens with zero attached hydrogens (tertiary/aromatic N) is 2. The molecule has 2 nitrogen and oxygen atoms in total. The maximum Gasteiger partial charge on any atom is 0.116 e. The molecule has 2 heterocycles. The SMILES string of the molecule is [2H]C1(c2ccc3c(c2)sc2c(-c4cc([Si](C)(C)C)c5ccccc5c4)ncnc23)CC(C)(C)CC(C)(C)C1. The lowest BCUT2D eigenvalue weighted by molar-refractivity contribution is 0.0969. The Morgan fingerprint density at radius 2 is 1.62 bits per heavy atom. The Bertz CT molecular complexity index is 1690. The Kier molecular flexibility index (Phi) is 5.39. The summed E-state index contributed by atoms with van der Waals surface area (Å²) in [5, 5.41) is 5.28. The van der Waals surface area contributed by atoms with Crippen molar-refractivity contribution in [3.63, 3.8) is 0 Å². The predicted octanol–water partition coefficient (Wildman–Crippen LogP) is 9.53.